The van der Waals surface area contributed by atoms with Gasteiger partial charge in [0.1, 0.15) is 54.7 Å². The predicted octanol–water partition coefficient (Wildman–Crippen LogP) is 7.29. The fourth-order valence-electron chi connectivity index (χ4n) is 19.1. The van der Waals surface area contributed by atoms with Gasteiger partial charge in [0.15, 0.2) is 46.5 Å². The molecule has 10 aliphatic heterocycles. The second-order valence-corrected chi connectivity index (χ2v) is 32.4. The van der Waals surface area contributed by atoms with E-state index in [-0.39, 0.29) is 152 Å². The number of anilines is 2. The number of carbonyl (C=O) groups is 3. The van der Waals surface area contributed by atoms with Crippen molar-refractivity contribution in [3.63, 3.8) is 0 Å². The van der Waals surface area contributed by atoms with E-state index in [0.717, 1.165) is 235 Å². The molecule has 0 fully saturated rings. The molecule has 0 amide bonds. The van der Waals surface area contributed by atoms with Crippen molar-refractivity contribution in [2.75, 3.05) is 80.3 Å². The van der Waals surface area contributed by atoms with Crippen molar-refractivity contribution in [2.45, 2.75) is 245 Å². The minimum absolute atomic E-state index is 0. The molecule has 0 unspecified atom stereocenters. The van der Waals surface area contributed by atoms with Crippen molar-refractivity contribution in [1.29, 1.82) is 0 Å². The van der Waals surface area contributed by atoms with Crippen LogP contribution in [0.25, 0.3) is 11.1 Å². The van der Waals surface area contributed by atoms with E-state index in [4.69, 9.17) is 25.6 Å². The monoisotopic (exact) mass is 1890 g/mol. The number of hydrogen-bond donors (Lipinski definition) is 0. The Hall–Kier alpha value is -3.67. The van der Waals surface area contributed by atoms with Crippen molar-refractivity contribution < 1.29 is 213 Å². The summed E-state index contributed by atoms with van der Waals surface area (Å²) in [5.41, 5.74) is 7.59. The van der Waals surface area contributed by atoms with Gasteiger partial charge < -0.3 is 69.5 Å². The van der Waals surface area contributed by atoms with Gasteiger partial charge in [0.05, 0.1) is 32.2 Å². The average Bonchev–Trinajstić information content (AvgIpc) is 0.708. The van der Waals surface area contributed by atoms with E-state index >= 15 is 26.3 Å². The summed E-state index contributed by atoms with van der Waals surface area (Å²) in [6, 6.07) is 7.61. The van der Waals surface area contributed by atoms with Crippen LogP contribution in [-0.2, 0) is 65.8 Å². The van der Waals surface area contributed by atoms with Crippen LogP contribution >= 0.6 is 22.6 Å². The maximum absolute atomic E-state index is 16.6. The minimum atomic E-state index is -2.18. The minimum Gasteiger partial charge on any atom is -1.00 e. The van der Waals surface area contributed by atoms with Gasteiger partial charge in [-0.15, -0.1) is 0 Å². The molecule has 0 radical (unpaired) electrons. The number of halogens is 11. The molecule has 620 valence electrons. The first-order chi connectivity index (χ1) is 55.5. The molecule has 0 bridgehead atoms. The predicted molar refractivity (Wildman–Crippen MR) is 426 cm³/mol. The normalized spacial score (nSPS) is 15.7. The van der Waals surface area contributed by atoms with Crippen LogP contribution in [0.15, 0.2) is 24.3 Å². The molecule has 0 saturated heterocycles. The van der Waals surface area contributed by atoms with Gasteiger partial charge in [-0.05, 0) is 130 Å². The second-order valence-electron chi connectivity index (χ2n) is 31.4. The number of benzene rings is 6. The maximum atomic E-state index is 16.6. The van der Waals surface area contributed by atoms with Gasteiger partial charge in [-0.3, -0.25) is 9.18 Å². The summed E-state index contributed by atoms with van der Waals surface area (Å²) < 4.78 is 165. The molecular formula is C90H107F9I2K2N4O9. The number of alkyl halides is 2. The summed E-state index contributed by atoms with van der Waals surface area (Å²) in [4.78, 5) is 42.1. The quantitative estimate of drug-likeness (QED) is 0.00438. The Morgan fingerprint density at radius 1 is 0.491 bits per heavy atom. The van der Waals surface area contributed by atoms with E-state index in [1.165, 1.54) is 101 Å². The van der Waals surface area contributed by atoms with Crippen LogP contribution < -0.4 is 187 Å². The Morgan fingerprint density at radius 2 is 0.828 bits per heavy atom. The summed E-state index contributed by atoms with van der Waals surface area (Å²) in [5.74, 6) is -16.6. The third-order valence-electron chi connectivity index (χ3n) is 24.1. The van der Waals surface area contributed by atoms with Crippen LogP contribution in [-0.4, -0.2) is 89.0 Å². The van der Waals surface area contributed by atoms with Crippen molar-refractivity contribution in [1.82, 2.24) is 9.15 Å². The molecule has 6 aromatic rings. The van der Waals surface area contributed by atoms with Crippen LogP contribution in [0.4, 0.5) is 50.9 Å². The Morgan fingerprint density at radius 3 is 1.22 bits per heavy atom. The van der Waals surface area contributed by atoms with Gasteiger partial charge in [0.2, 0.25) is 10.7 Å². The number of esters is 1. The number of hydrogen-bond acceptors (Lipinski definition) is 11. The molecular weight excluding hydrogens is 1780 g/mol. The largest absolute Gasteiger partial charge is 1.00 e. The molecule has 16 rings (SSSR count). The van der Waals surface area contributed by atoms with Crippen molar-refractivity contribution >= 4 is 63.5 Å². The Bertz CT molecular complexity index is 4850. The van der Waals surface area contributed by atoms with Gasteiger partial charge in [0, 0.05) is 135 Å². The molecule has 116 heavy (non-hydrogen) atoms. The average molecular weight is 1890 g/mol. The first kappa shape index (κ1) is 94.6. The number of rotatable bonds is 26. The first-order valence-corrected chi connectivity index (χ1v) is 43.1. The summed E-state index contributed by atoms with van der Waals surface area (Å²) >= 11 is 2.47. The summed E-state index contributed by atoms with van der Waals surface area (Å²) in [6.07, 6.45) is 38.5. The number of aromatic carboxylic acids is 1. The maximum Gasteiger partial charge on any atom is 1.00 e. The standard InChI is InChI=1S/C44H51F4N2O3.C32H26F4N2O3.C12H25I.CH3F.CH2O3.HI.2K.H/c1-2-3-4-5-6-7-8-9-10-11-24-52-44(51)35-34(36(45)38(47)39(48)37(35)46)33-31-25-27-16-12-20-49-22-14-18-29(40(27)49)42(31)53-43-30-19-15-23-50-21-13-17-28(41(30)50)26-32(33)43;33-24-22(23(32(39)40)25(34)27(36)26(24)35)21-19-13-15-5-1-9-37-11-3-7-17(28(15)37)30(19)41-31-18-8-4-12-38-10-2-6-16(29(18)38)14-20(21)31;1-2-3-4-5-6-7-8-9-10-11-12-13;1-2;2-1-4-3;;;;/h25-26H,2-24H2,1H3;13-14H,1-12H2;2-12H2,1H3;1H3;1,3H;1H;;;/q+1;;;;;;2*+1;-1/p-2/i;;;1D;;;;;. The molecule has 0 atom stereocenters. The van der Waals surface area contributed by atoms with Crippen molar-refractivity contribution in [3.05, 3.63) is 170 Å². The zero-order chi connectivity index (χ0) is 80.7. The van der Waals surface area contributed by atoms with E-state index in [9.17, 15) is 27.9 Å². The topological polar surface area (TPSA) is 147 Å². The first-order valence-electron chi connectivity index (χ1n) is 42.3. The fourth-order valence-corrected chi connectivity index (χ4v) is 19.6. The van der Waals surface area contributed by atoms with Crippen molar-refractivity contribution in [3.8, 4) is 23.0 Å². The van der Waals surface area contributed by atoms with Gasteiger partial charge >= 0.3 is 109 Å². The number of ether oxygens (including phenoxy) is 3. The molecule has 0 N–H and O–H groups in total. The zero-order valence-electron chi connectivity index (χ0n) is 69.7. The smallest absolute Gasteiger partial charge is 1.00 e. The van der Waals surface area contributed by atoms with Crippen LogP contribution in [0, 0.1) is 46.5 Å². The molecule has 10 aliphatic rings. The summed E-state index contributed by atoms with van der Waals surface area (Å²) in [7, 11) is -1.00. The molecule has 26 heteroatoms. The number of carboxylic acid groups (broad SMARTS) is 1. The zero-order valence-corrected chi connectivity index (χ0v) is 78.3. The third-order valence-corrected chi connectivity index (χ3v) is 24.8. The molecule has 0 aliphatic carbocycles. The molecule has 10 heterocycles. The molecule has 13 nitrogen and oxygen atoms in total. The number of unbranched alkanes of at least 4 members (excludes halogenated alkanes) is 18. The van der Waals surface area contributed by atoms with Gasteiger partial charge in [0.25, 0.3) is 6.47 Å². The van der Waals surface area contributed by atoms with E-state index in [0.29, 0.717) is 63.8 Å². The Kier molecular flexibility index (Phi) is 37.6. The summed E-state index contributed by atoms with van der Waals surface area (Å²) in [6.45, 7) is 11.6. The Labute approximate surface area is 794 Å². The number of aryl methyl sites for hydroxylation is 4. The molecule has 6 aromatic carbocycles. The SMILES string of the molecule is CCCCCCCCCCCCI.CCCCCCCCCCCCOC(=O)c1c(F)c(F)c(F)c(F)c1C1=c2cc3c4c(c2Oc2c1cc1c5c2CCCN5CCC1)CCC[N+]=4CCC3.O=C([O-])c1c(F)c(F)c(F)c(F)c1C1=c2cc3c4c(c2Oc2c1cc1c5c2CCCN5CCC1)CCC[N+]=4CCC3.O=CO[O-].[2H]CF.[H-].[I-].[K+].[K+]. The molecule has 0 aromatic heterocycles. The van der Waals surface area contributed by atoms with Gasteiger partial charge in [-0.25, -0.2) is 49.1 Å². The Balaban J connectivity index is 0.000000237. The van der Waals surface area contributed by atoms with Crippen LogP contribution in [0.1, 0.15) is 284 Å². The van der Waals surface area contributed by atoms with E-state index in [2.05, 4.69) is 60.3 Å². The summed E-state index contributed by atoms with van der Waals surface area (Å²) in [5, 5.41) is 23.8. The van der Waals surface area contributed by atoms with E-state index in [1.54, 1.807) is 0 Å². The number of fused-ring (bicyclic) bond motifs is 8. The molecule has 0 saturated carbocycles. The fraction of sp³-hybridized carbons (Fsp3) is 0.544. The van der Waals surface area contributed by atoms with Gasteiger partial charge in [-0.1, -0.05) is 152 Å². The number of carboxylic acids is 1. The van der Waals surface area contributed by atoms with Gasteiger partial charge in [-0.2, -0.15) is 0 Å². The third kappa shape index (κ3) is 20.7. The number of nitrogens with zero attached hydrogens (tertiary/aromatic N) is 4. The van der Waals surface area contributed by atoms with E-state index < -0.39 is 87.9 Å². The van der Waals surface area contributed by atoms with E-state index in [1.807, 2.05) is 24.3 Å². The number of carbonyl (C=O) groups excluding carboxylic acids is 3. The van der Waals surface area contributed by atoms with Crippen molar-refractivity contribution in [2.24, 2.45) is 0 Å². The second kappa shape index (κ2) is 46.2. The van der Waals surface area contributed by atoms with Crippen LogP contribution in [0.2, 0.25) is 0 Å². The van der Waals surface area contributed by atoms with Crippen LogP contribution in [0.3, 0.4) is 0 Å². The van der Waals surface area contributed by atoms with Crippen LogP contribution in [0.5, 0.6) is 23.0 Å². The molecule has 0 spiro atoms.